The van der Waals surface area contributed by atoms with E-state index in [9.17, 15) is 14.4 Å². The number of carbonyl (C=O) groups excluding carboxylic acids is 2. The Balaban J connectivity index is 1.54. The molecule has 1 N–H and O–H groups in total. The van der Waals surface area contributed by atoms with Gasteiger partial charge in [-0.2, -0.15) is 0 Å². The highest BCUT2D eigenvalue weighted by molar-refractivity contribution is 7.99. The van der Waals surface area contributed by atoms with Gasteiger partial charge in [0.2, 0.25) is 5.91 Å². The second kappa shape index (κ2) is 10.3. The number of rotatable bonds is 7. The maximum absolute atomic E-state index is 13.3. The third-order valence-electron chi connectivity index (χ3n) is 6.05. The lowest BCUT2D eigenvalue weighted by Crippen LogP contribution is -2.29. The summed E-state index contributed by atoms with van der Waals surface area (Å²) >= 11 is 1.32. The largest absolute Gasteiger partial charge is 0.326 e. The number of para-hydroxylation sites is 1. The third-order valence-corrected chi connectivity index (χ3v) is 7.00. The molecule has 7 heteroatoms. The van der Waals surface area contributed by atoms with Gasteiger partial charge in [0.15, 0.2) is 10.9 Å². The molecule has 0 aliphatic heterocycles. The minimum atomic E-state index is -0.112. The molecule has 2 aromatic carbocycles. The van der Waals surface area contributed by atoms with E-state index in [-0.39, 0.29) is 35.0 Å². The van der Waals surface area contributed by atoms with Gasteiger partial charge in [0.25, 0.3) is 5.56 Å². The van der Waals surface area contributed by atoms with E-state index in [0.717, 1.165) is 25.7 Å². The van der Waals surface area contributed by atoms with Crippen molar-refractivity contribution in [3.8, 4) is 0 Å². The summed E-state index contributed by atoms with van der Waals surface area (Å²) in [5.41, 5.74) is 1.88. The van der Waals surface area contributed by atoms with E-state index in [1.807, 2.05) is 42.7 Å². The molecule has 0 radical (unpaired) electrons. The van der Waals surface area contributed by atoms with Gasteiger partial charge in [0.05, 0.1) is 16.7 Å². The summed E-state index contributed by atoms with van der Waals surface area (Å²) < 4.78 is 1.82. The van der Waals surface area contributed by atoms with Gasteiger partial charge in [-0.3, -0.25) is 19.0 Å². The van der Waals surface area contributed by atoms with Crippen molar-refractivity contribution in [3.05, 3.63) is 64.4 Å². The molecule has 1 aliphatic rings. The van der Waals surface area contributed by atoms with Crippen LogP contribution < -0.4 is 10.9 Å². The first-order valence-corrected chi connectivity index (χ1v) is 12.5. The molecule has 0 spiro atoms. The Hall–Kier alpha value is -2.93. The molecule has 0 saturated heterocycles. The fourth-order valence-electron chi connectivity index (χ4n) is 4.13. The number of hydrogen-bond donors (Lipinski definition) is 1. The van der Waals surface area contributed by atoms with Crippen molar-refractivity contribution in [2.45, 2.75) is 57.1 Å². The van der Waals surface area contributed by atoms with Crippen molar-refractivity contribution < 1.29 is 9.59 Å². The molecule has 1 aromatic heterocycles. The van der Waals surface area contributed by atoms with Crippen LogP contribution in [-0.2, 0) is 4.79 Å². The van der Waals surface area contributed by atoms with Gasteiger partial charge in [-0.15, -0.1) is 0 Å². The van der Waals surface area contributed by atoms with Crippen molar-refractivity contribution in [3.63, 3.8) is 0 Å². The zero-order valence-corrected chi connectivity index (χ0v) is 19.9. The Morgan fingerprint density at radius 1 is 1.06 bits per heavy atom. The number of benzene rings is 2. The van der Waals surface area contributed by atoms with Gasteiger partial charge in [-0.1, -0.05) is 57.0 Å². The van der Waals surface area contributed by atoms with Crippen LogP contribution in [0.15, 0.2) is 58.5 Å². The predicted octanol–water partition coefficient (Wildman–Crippen LogP) is 5.47. The van der Waals surface area contributed by atoms with E-state index in [1.54, 1.807) is 24.3 Å². The summed E-state index contributed by atoms with van der Waals surface area (Å²) in [7, 11) is 0. The Bertz CT molecular complexity index is 1210. The summed E-state index contributed by atoms with van der Waals surface area (Å²) in [6, 6.07) is 14.5. The average Bonchev–Trinajstić information content (AvgIpc) is 2.83. The van der Waals surface area contributed by atoms with E-state index in [1.165, 1.54) is 18.2 Å². The van der Waals surface area contributed by atoms with Crippen LogP contribution in [0.2, 0.25) is 0 Å². The molecule has 1 heterocycles. The number of nitrogens with one attached hydrogen (secondary N) is 1. The summed E-state index contributed by atoms with van der Waals surface area (Å²) in [6.07, 6.45) is 5.33. The normalized spacial score (nSPS) is 14.5. The first kappa shape index (κ1) is 23.2. The number of hydrogen-bond acceptors (Lipinski definition) is 5. The highest BCUT2D eigenvalue weighted by Crippen LogP contribution is 2.31. The number of Topliss-reactive ketones (excluding diaryl/α,β-unsaturated/α-hetero) is 1. The summed E-state index contributed by atoms with van der Waals surface area (Å²) in [5, 5.41) is 4.06. The lowest BCUT2D eigenvalue weighted by atomic mass is 9.95. The van der Waals surface area contributed by atoms with Gasteiger partial charge in [0.1, 0.15) is 0 Å². The zero-order chi connectivity index (χ0) is 23.4. The highest BCUT2D eigenvalue weighted by atomic mass is 32.2. The third kappa shape index (κ3) is 5.36. The molecule has 3 aromatic rings. The average molecular weight is 464 g/mol. The van der Waals surface area contributed by atoms with Gasteiger partial charge in [-0.05, 0) is 49.2 Å². The van der Waals surface area contributed by atoms with Crippen LogP contribution in [0.5, 0.6) is 0 Å². The number of anilines is 1. The predicted molar refractivity (Wildman–Crippen MR) is 133 cm³/mol. The number of nitrogens with zero attached hydrogens (tertiary/aromatic N) is 2. The number of carbonyl (C=O) groups is 2. The topological polar surface area (TPSA) is 81.1 Å². The molecule has 0 bridgehead atoms. The molecular formula is C26H29N3O3S. The molecule has 4 rings (SSSR count). The smallest absolute Gasteiger partial charge is 0.262 e. The van der Waals surface area contributed by atoms with E-state index in [0.29, 0.717) is 27.3 Å². The summed E-state index contributed by atoms with van der Waals surface area (Å²) in [5.74, 6) is -0.0270. The molecule has 1 aliphatic carbocycles. The van der Waals surface area contributed by atoms with Crippen molar-refractivity contribution in [2.75, 3.05) is 11.1 Å². The van der Waals surface area contributed by atoms with Crippen molar-refractivity contribution >= 4 is 40.0 Å². The minimum absolute atomic E-state index is 0.0207. The van der Waals surface area contributed by atoms with E-state index in [4.69, 9.17) is 4.98 Å². The molecule has 1 saturated carbocycles. The highest BCUT2D eigenvalue weighted by Gasteiger charge is 2.22. The van der Waals surface area contributed by atoms with Crippen LogP contribution in [0.25, 0.3) is 10.9 Å². The minimum Gasteiger partial charge on any atom is -0.326 e. The number of thioether (sulfide) groups is 1. The van der Waals surface area contributed by atoms with Crippen molar-refractivity contribution in [1.82, 2.24) is 9.55 Å². The number of ketones is 1. The number of amides is 1. The van der Waals surface area contributed by atoms with Gasteiger partial charge >= 0.3 is 0 Å². The quantitative estimate of drug-likeness (QED) is 0.285. The van der Waals surface area contributed by atoms with Crippen LogP contribution in [0.3, 0.4) is 0 Å². The monoisotopic (exact) mass is 463 g/mol. The van der Waals surface area contributed by atoms with Gasteiger partial charge in [-0.25, -0.2) is 4.98 Å². The van der Waals surface area contributed by atoms with E-state index >= 15 is 0 Å². The van der Waals surface area contributed by atoms with Gasteiger partial charge in [0, 0.05) is 23.2 Å². The lowest BCUT2D eigenvalue weighted by molar-refractivity contribution is -0.118. The molecule has 0 atom stereocenters. The van der Waals surface area contributed by atoms with Crippen LogP contribution in [0, 0.1) is 5.92 Å². The Labute approximate surface area is 197 Å². The summed E-state index contributed by atoms with van der Waals surface area (Å²) in [6.45, 7) is 3.66. The second-order valence-electron chi connectivity index (χ2n) is 8.81. The molecule has 1 amide bonds. The molecule has 1 fully saturated rings. The van der Waals surface area contributed by atoms with Crippen molar-refractivity contribution in [1.29, 1.82) is 0 Å². The maximum Gasteiger partial charge on any atom is 0.262 e. The van der Waals surface area contributed by atoms with Crippen LogP contribution in [0.1, 0.15) is 62.4 Å². The van der Waals surface area contributed by atoms with Crippen LogP contribution in [0.4, 0.5) is 5.69 Å². The Kier molecular flexibility index (Phi) is 7.28. The number of fused-ring (bicyclic) bond motifs is 1. The maximum atomic E-state index is 13.3. The molecule has 0 unspecified atom stereocenters. The van der Waals surface area contributed by atoms with Crippen LogP contribution in [-0.4, -0.2) is 27.0 Å². The van der Waals surface area contributed by atoms with Crippen molar-refractivity contribution in [2.24, 2.45) is 5.92 Å². The first-order chi connectivity index (χ1) is 15.9. The Morgan fingerprint density at radius 2 is 1.76 bits per heavy atom. The Morgan fingerprint density at radius 3 is 2.45 bits per heavy atom. The molecule has 6 nitrogen and oxygen atoms in total. The molecule has 172 valence electrons. The fourth-order valence-corrected chi connectivity index (χ4v) is 5.09. The van der Waals surface area contributed by atoms with E-state index in [2.05, 4.69) is 5.32 Å². The van der Waals surface area contributed by atoms with E-state index < -0.39 is 0 Å². The molecular weight excluding hydrogens is 434 g/mol. The second-order valence-corrected chi connectivity index (χ2v) is 9.75. The first-order valence-electron chi connectivity index (χ1n) is 11.5. The fraction of sp³-hybridized carbons (Fsp3) is 0.385. The number of aromatic nitrogens is 2. The molecule has 33 heavy (non-hydrogen) atoms. The summed E-state index contributed by atoms with van der Waals surface area (Å²) in [4.78, 5) is 42.8. The standard InChI is InChI=1S/C26H29N3O3S/c1-17(2)24(31)27-19-14-12-18(13-15-19)23(30)16-33-26-28-22-11-7-6-10-21(22)25(32)29(26)20-8-4-3-5-9-20/h6-7,10-15,17,20H,3-5,8-9,16H2,1-2H3,(H,27,31). The SMILES string of the molecule is CC(C)C(=O)Nc1ccc(C(=O)CSc2nc3ccccc3c(=O)n2C2CCCCC2)cc1. The zero-order valence-electron chi connectivity index (χ0n) is 19.0. The van der Waals surface area contributed by atoms with Gasteiger partial charge < -0.3 is 5.32 Å². The lowest BCUT2D eigenvalue weighted by Gasteiger charge is -2.26. The van der Waals surface area contributed by atoms with Crippen LogP contribution >= 0.6 is 11.8 Å².